The molecule has 0 aliphatic heterocycles. The molecule has 0 aliphatic carbocycles. The predicted octanol–water partition coefficient (Wildman–Crippen LogP) is 0.979. The number of carboxylic acid groups (broad SMARTS) is 1. The molecule has 1 atom stereocenters. The van der Waals surface area contributed by atoms with Gasteiger partial charge in [0, 0.05) is 29.8 Å². The monoisotopic (exact) mass is 421 g/mol. The minimum absolute atomic E-state index is 0. The van der Waals surface area contributed by atoms with Crippen LogP contribution in [0.15, 0.2) is 38.5 Å². The van der Waals surface area contributed by atoms with E-state index in [0.29, 0.717) is 30.7 Å². The first-order chi connectivity index (χ1) is 11.7. The van der Waals surface area contributed by atoms with Crippen LogP contribution in [-0.4, -0.2) is 29.6 Å². The van der Waals surface area contributed by atoms with E-state index in [1.165, 1.54) is 6.07 Å². The molecule has 0 aliphatic rings. The molecule has 0 amide bonds. The Balaban J connectivity index is 0. The fourth-order valence-corrected chi connectivity index (χ4v) is 1.98. The Hall–Kier alpha value is -2.49. The molecule has 0 radical (unpaired) electrons. The first-order valence-electron chi connectivity index (χ1n) is 7.54. The van der Waals surface area contributed by atoms with Crippen molar-refractivity contribution in [2.45, 2.75) is 25.8 Å². The van der Waals surface area contributed by atoms with Gasteiger partial charge in [-0.2, -0.15) is 0 Å². The normalized spacial score (nSPS) is 10.4. The van der Waals surface area contributed by atoms with Crippen LogP contribution in [0.5, 0.6) is 0 Å². The summed E-state index contributed by atoms with van der Waals surface area (Å²) in [6, 6.07) is 5.94. The summed E-state index contributed by atoms with van der Waals surface area (Å²) in [7, 11) is 0. The van der Waals surface area contributed by atoms with Gasteiger partial charge in [0.05, 0.1) is 0 Å². The van der Waals surface area contributed by atoms with E-state index < -0.39 is 12.0 Å². The third-order valence-corrected chi connectivity index (χ3v) is 3.26. The molecule has 0 fully saturated rings. The van der Waals surface area contributed by atoms with Crippen LogP contribution in [-0.2, 0) is 4.79 Å². The van der Waals surface area contributed by atoms with Crippen LogP contribution in [0.4, 0.5) is 5.69 Å². The van der Waals surface area contributed by atoms with Crippen molar-refractivity contribution in [1.29, 1.82) is 0 Å². The van der Waals surface area contributed by atoms with E-state index in [1.54, 1.807) is 12.1 Å². The van der Waals surface area contributed by atoms with Crippen molar-refractivity contribution in [3.8, 4) is 0 Å². The molecule has 1 heterocycles. The van der Waals surface area contributed by atoms with Gasteiger partial charge >= 0.3 is 11.6 Å². The van der Waals surface area contributed by atoms with E-state index in [4.69, 9.17) is 32.5 Å². The lowest BCUT2D eigenvalue weighted by atomic mass is 10.1. The van der Waals surface area contributed by atoms with E-state index in [-0.39, 0.29) is 36.4 Å². The van der Waals surface area contributed by atoms with Gasteiger partial charge in [-0.25, -0.2) is 4.79 Å². The van der Waals surface area contributed by atoms with E-state index in [9.17, 15) is 9.59 Å². The van der Waals surface area contributed by atoms with Gasteiger partial charge in [-0.3, -0.25) is 9.79 Å². The third kappa shape index (κ3) is 9.69. The number of hydrogen-bond acceptors (Lipinski definition) is 6. The third-order valence-electron chi connectivity index (χ3n) is 3.26. The van der Waals surface area contributed by atoms with Crippen LogP contribution in [0.2, 0.25) is 0 Å². The Morgan fingerprint density at radius 1 is 1.26 bits per heavy atom. The highest BCUT2D eigenvalue weighted by Gasteiger charge is 2.09. The first-order valence-corrected chi connectivity index (χ1v) is 7.54. The van der Waals surface area contributed by atoms with E-state index >= 15 is 0 Å². The number of anilines is 1. The van der Waals surface area contributed by atoms with Gasteiger partial charge in [0.15, 0.2) is 5.96 Å². The highest BCUT2D eigenvalue weighted by molar-refractivity contribution is 5.85. The van der Waals surface area contributed by atoms with Crippen molar-refractivity contribution < 1.29 is 14.3 Å². The molecule has 0 spiro atoms. The van der Waals surface area contributed by atoms with Crippen molar-refractivity contribution >= 4 is 53.4 Å². The van der Waals surface area contributed by atoms with Gasteiger partial charge in [0.2, 0.25) is 0 Å². The largest absolute Gasteiger partial charge is 0.480 e. The molecule has 2 rings (SSSR count). The summed E-state index contributed by atoms with van der Waals surface area (Å²) in [5.41, 5.74) is 22.6. The average molecular weight is 422 g/mol. The van der Waals surface area contributed by atoms with Gasteiger partial charge in [0.25, 0.3) is 0 Å². The zero-order chi connectivity index (χ0) is 19.0. The Morgan fingerprint density at radius 3 is 2.44 bits per heavy atom. The molecule has 27 heavy (non-hydrogen) atoms. The van der Waals surface area contributed by atoms with Crippen LogP contribution in [0.3, 0.4) is 0 Å². The van der Waals surface area contributed by atoms with Crippen LogP contribution >= 0.6 is 24.8 Å². The molecule has 0 bridgehead atoms. The number of carbonyl (C=O) groups is 1. The Kier molecular flexibility index (Phi) is 12.7. The molecule has 0 saturated heterocycles. The summed E-state index contributed by atoms with van der Waals surface area (Å²) >= 11 is 0. The second kappa shape index (κ2) is 12.8. The maximum atomic E-state index is 11.0. The van der Waals surface area contributed by atoms with Gasteiger partial charge in [-0.1, -0.05) is 0 Å². The number of carboxylic acids is 1. The van der Waals surface area contributed by atoms with Crippen molar-refractivity contribution in [3.63, 3.8) is 0 Å². The zero-order valence-corrected chi connectivity index (χ0v) is 16.4. The van der Waals surface area contributed by atoms with Gasteiger partial charge in [-0.15, -0.1) is 24.8 Å². The van der Waals surface area contributed by atoms with Crippen molar-refractivity contribution in [3.05, 3.63) is 40.2 Å². The van der Waals surface area contributed by atoms with Crippen LogP contribution < -0.4 is 28.6 Å². The molecule has 9 N–H and O–H groups in total. The predicted molar refractivity (Wildman–Crippen MR) is 112 cm³/mol. The quantitative estimate of drug-likeness (QED) is 0.155. The zero-order valence-electron chi connectivity index (χ0n) is 14.8. The van der Waals surface area contributed by atoms with E-state index in [0.717, 1.165) is 10.9 Å². The SMILES string of the molecule is Cc1cc(=O)oc2cc(N)ccc12.Cl.Cl.NC(N)=NCCC[C@H](N)C(=O)O. The van der Waals surface area contributed by atoms with Crippen molar-refractivity contribution in [1.82, 2.24) is 0 Å². The van der Waals surface area contributed by atoms with Crippen LogP contribution in [0, 0.1) is 6.92 Å². The summed E-state index contributed by atoms with van der Waals surface area (Å²) in [4.78, 5) is 24.9. The highest BCUT2D eigenvalue weighted by Crippen LogP contribution is 2.18. The topological polar surface area (TPSA) is 184 Å². The number of hydrogen-bond donors (Lipinski definition) is 5. The molecule has 1 aromatic heterocycles. The number of nitrogen functional groups attached to an aromatic ring is 1. The molecular formula is C16H25Cl2N5O4. The summed E-state index contributed by atoms with van der Waals surface area (Å²) in [6.45, 7) is 2.29. The number of nitrogens with two attached hydrogens (primary N) is 4. The minimum atomic E-state index is -1.00. The Labute approximate surface area is 168 Å². The number of fused-ring (bicyclic) bond motifs is 1. The summed E-state index contributed by atoms with van der Waals surface area (Å²) in [5.74, 6) is -0.987. The lowest BCUT2D eigenvalue weighted by Gasteiger charge is -2.03. The highest BCUT2D eigenvalue weighted by atomic mass is 35.5. The van der Waals surface area contributed by atoms with Gasteiger partial charge in [-0.05, 0) is 37.5 Å². The molecule has 2 aromatic rings. The van der Waals surface area contributed by atoms with Crippen molar-refractivity contribution in [2.75, 3.05) is 12.3 Å². The minimum Gasteiger partial charge on any atom is -0.480 e. The first kappa shape index (κ1) is 26.7. The molecule has 9 nitrogen and oxygen atoms in total. The Bertz CT molecular complexity index is 822. The van der Waals surface area contributed by atoms with E-state index in [1.807, 2.05) is 13.0 Å². The summed E-state index contributed by atoms with van der Waals surface area (Å²) < 4.78 is 4.99. The van der Waals surface area contributed by atoms with Gasteiger partial charge < -0.3 is 32.5 Å². The van der Waals surface area contributed by atoms with Gasteiger partial charge in [0.1, 0.15) is 11.6 Å². The second-order valence-corrected chi connectivity index (χ2v) is 5.40. The average Bonchev–Trinajstić information content (AvgIpc) is 2.50. The molecule has 11 heteroatoms. The number of guanidine groups is 1. The fourth-order valence-electron chi connectivity index (χ4n) is 1.98. The second-order valence-electron chi connectivity index (χ2n) is 5.40. The smallest absolute Gasteiger partial charge is 0.336 e. The molecule has 0 saturated carbocycles. The summed E-state index contributed by atoms with van der Waals surface area (Å²) in [6.07, 6.45) is 0.956. The molecule has 1 aromatic carbocycles. The Morgan fingerprint density at radius 2 is 1.89 bits per heavy atom. The lowest BCUT2D eigenvalue weighted by Crippen LogP contribution is -2.30. The fraction of sp³-hybridized carbons (Fsp3) is 0.312. The molecule has 152 valence electrons. The maximum absolute atomic E-state index is 11.0. The number of aliphatic carboxylic acids is 1. The van der Waals surface area contributed by atoms with E-state index in [2.05, 4.69) is 4.99 Å². The van der Waals surface area contributed by atoms with Crippen LogP contribution in [0.25, 0.3) is 11.0 Å². The number of rotatable bonds is 5. The number of nitrogens with zero attached hydrogens (tertiary/aromatic N) is 1. The molecule has 0 unspecified atom stereocenters. The van der Waals surface area contributed by atoms with Crippen LogP contribution in [0.1, 0.15) is 18.4 Å². The standard InChI is InChI=1S/C10H9NO2.C6H14N4O2.2ClH/c1-6-4-10(12)13-9-5-7(11)2-3-8(6)9;7-4(5(11)12)2-1-3-10-6(8)9;;/h2-5H,11H2,1H3;4H,1-3,7H2,(H,11,12)(H4,8,9,10);2*1H/t;4-;;/m.0../s1. The summed E-state index contributed by atoms with van der Waals surface area (Å²) in [5, 5.41) is 9.31. The number of halogens is 2. The number of aryl methyl sites for hydroxylation is 1. The molecular weight excluding hydrogens is 397 g/mol. The number of aliphatic imine (C=N–C) groups is 1. The van der Waals surface area contributed by atoms with Crippen molar-refractivity contribution in [2.24, 2.45) is 22.2 Å². The maximum Gasteiger partial charge on any atom is 0.336 e. The number of benzene rings is 1. The lowest BCUT2D eigenvalue weighted by molar-refractivity contribution is -0.138.